The summed E-state index contributed by atoms with van der Waals surface area (Å²) in [6.07, 6.45) is -0.146. The Morgan fingerprint density at radius 1 is 0.534 bits per heavy atom. The quantitative estimate of drug-likeness (QED) is 0.0921. The van der Waals surface area contributed by atoms with Gasteiger partial charge in [-0.05, 0) is 77.9 Å². The third kappa shape index (κ3) is 6.90. The van der Waals surface area contributed by atoms with Crippen molar-refractivity contribution in [3.05, 3.63) is 184 Å². The molecule has 0 fully saturated rings. The lowest BCUT2D eigenvalue weighted by Crippen LogP contribution is -2.44. The Labute approximate surface area is 325 Å². The molecule has 0 spiro atoms. The summed E-state index contributed by atoms with van der Waals surface area (Å²) in [6.45, 7) is -0.483. The second-order valence-electron chi connectivity index (χ2n) is 13.3. The van der Waals surface area contributed by atoms with Gasteiger partial charge < -0.3 is 28.8 Å². The topological polar surface area (TPSA) is 135 Å². The van der Waals surface area contributed by atoms with Gasteiger partial charge in [0.05, 0.1) is 22.3 Å². The van der Waals surface area contributed by atoms with Crippen molar-refractivity contribution < 1.29 is 65.5 Å². The van der Waals surface area contributed by atoms with Gasteiger partial charge >= 0.3 is 23.9 Å². The van der Waals surface area contributed by atoms with Crippen molar-refractivity contribution >= 4 is 23.9 Å². The van der Waals surface area contributed by atoms with Gasteiger partial charge in [0.15, 0.2) is 23.0 Å². The van der Waals surface area contributed by atoms with E-state index in [9.17, 15) is 41.8 Å². The van der Waals surface area contributed by atoms with Crippen LogP contribution in [0.4, 0.5) is 17.6 Å². The fraction of sp³-hybridized carbons (Fsp3) is 0.0909. The van der Waals surface area contributed by atoms with Crippen LogP contribution in [0.25, 0.3) is 0 Å². The number of hydrogen-bond donors (Lipinski definition) is 1. The molecule has 290 valence electrons. The van der Waals surface area contributed by atoms with Gasteiger partial charge in [0, 0.05) is 17.9 Å². The Hall–Kier alpha value is -7.32. The molecule has 8 rings (SSSR count). The molecule has 6 aromatic rings. The van der Waals surface area contributed by atoms with E-state index in [1.807, 2.05) is 0 Å². The molecule has 0 saturated carbocycles. The van der Waals surface area contributed by atoms with Crippen molar-refractivity contribution in [1.29, 1.82) is 0 Å². The van der Waals surface area contributed by atoms with Crippen LogP contribution in [0.5, 0.6) is 28.7 Å². The summed E-state index contributed by atoms with van der Waals surface area (Å²) in [5.41, 5.74) is -2.79. The number of ether oxygens (including phenoxy) is 5. The van der Waals surface area contributed by atoms with E-state index in [1.165, 1.54) is 91.0 Å². The monoisotopic (exact) mass is 790 g/mol. The molecule has 0 radical (unpaired) electrons. The summed E-state index contributed by atoms with van der Waals surface area (Å²) in [5.74, 6) is -11.3. The molecule has 2 aliphatic rings. The summed E-state index contributed by atoms with van der Waals surface area (Å²) in [6, 6.07) is 25.1. The molecule has 58 heavy (non-hydrogen) atoms. The molecule has 14 heteroatoms. The summed E-state index contributed by atoms with van der Waals surface area (Å²) in [7, 11) is 0. The summed E-state index contributed by atoms with van der Waals surface area (Å²) in [5, 5.41) is 12.1. The molecule has 1 heterocycles. The minimum absolute atomic E-state index is 0.146. The first-order chi connectivity index (χ1) is 27.9. The summed E-state index contributed by atoms with van der Waals surface area (Å²) in [4.78, 5) is 53.1. The predicted octanol–water partition coefficient (Wildman–Crippen LogP) is 7.93. The Kier molecular flexibility index (Phi) is 9.70. The normalized spacial score (nSPS) is 16.2. The van der Waals surface area contributed by atoms with Crippen molar-refractivity contribution in [1.82, 2.24) is 0 Å². The van der Waals surface area contributed by atoms with Crippen molar-refractivity contribution in [3.63, 3.8) is 0 Å². The lowest BCUT2D eigenvalue weighted by Gasteiger charge is -2.37. The van der Waals surface area contributed by atoms with Crippen LogP contribution in [-0.2, 0) is 6.42 Å². The van der Waals surface area contributed by atoms with Crippen molar-refractivity contribution in [3.8, 4) is 28.7 Å². The molecule has 6 aromatic carbocycles. The Balaban J connectivity index is 1.24. The maximum Gasteiger partial charge on any atom is 0.346 e. The molecule has 10 nitrogen and oxygen atoms in total. The van der Waals surface area contributed by atoms with Gasteiger partial charge in [-0.2, -0.15) is 0 Å². The zero-order valence-corrected chi connectivity index (χ0v) is 29.7. The second-order valence-corrected chi connectivity index (χ2v) is 13.3. The van der Waals surface area contributed by atoms with Crippen LogP contribution in [0.15, 0.2) is 121 Å². The lowest BCUT2D eigenvalue weighted by molar-refractivity contribution is -0.0228. The van der Waals surface area contributed by atoms with E-state index in [0.29, 0.717) is 5.56 Å². The molecule has 2 atom stereocenters. The molecule has 0 bridgehead atoms. The number of rotatable bonds is 8. The average Bonchev–Trinajstić information content (AvgIpc) is 3.50. The molecule has 0 unspecified atom stereocenters. The fourth-order valence-electron chi connectivity index (χ4n) is 6.94. The highest BCUT2D eigenvalue weighted by molar-refractivity contribution is 5.95. The molecule has 0 saturated heterocycles. The molecule has 1 N–H and O–H groups in total. The highest BCUT2D eigenvalue weighted by Crippen LogP contribution is 2.56. The van der Waals surface area contributed by atoms with Gasteiger partial charge in [0.25, 0.3) is 0 Å². The first-order valence-corrected chi connectivity index (χ1v) is 17.5. The molecular formula is C44H26F4O10. The van der Waals surface area contributed by atoms with Crippen LogP contribution in [0, 0.1) is 23.3 Å². The number of carbonyl (C=O) groups is 4. The predicted molar refractivity (Wildman–Crippen MR) is 194 cm³/mol. The van der Waals surface area contributed by atoms with Crippen molar-refractivity contribution in [2.75, 3.05) is 6.61 Å². The van der Waals surface area contributed by atoms with Gasteiger partial charge in [0.1, 0.15) is 35.5 Å². The molecule has 1 aliphatic carbocycles. The standard InChI is InChI=1S/C44H26F4O10/c45-30-13-5-1-9-24(30)40(49)55-34-18-17-28-37-29-20-36(57-42(51)26-11-3-7-15-32(26)47)35(56-41(50)25-10-2-6-14-31(25)46)19-23(29)21-44(37,53)22-54-38(28)39(34)58-43(52)27-12-4-8-16-33(27)48/h1-20,37,53H,21-22H2/t37-,44+/m0/s1. The number of carbonyl (C=O) groups excluding carboxylic acids is 4. The SMILES string of the molecule is O=C(Oc1cc2c(cc1OC(=O)c1ccccc1F)[C@@H]1c3ccc(OC(=O)c4ccccc4F)c(OC(=O)c4ccccc4F)c3OC[C@]1(O)C2)c1ccccc1F. The molecular weight excluding hydrogens is 764 g/mol. The van der Waals surface area contributed by atoms with Gasteiger partial charge in [-0.15, -0.1) is 0 Å². The van der Waals surface area contributed by atoms with Gasteiger partial charge in [0.2, 0.25) is 5.75 Å². The van der Waals surface area contributed by atoms with Gasteiger partial charge in [-0.1, -0.05) is 54.6 Å². The van der Waals surface area contributed by atoms with Gasteiger partial charge in [-0.25, -0.2) is 36.7 Å². The highest BCUT2D eigenvalue weighted by Gasteiger charge is 2.52. The minimum atomic E-state index is -1.76. The van der Waals surface area contributed by atoms with Crippen LogP contribution in [0.2, 0.25) is 0 Å². The molecule has 0 aromatic heterocycles. The fourth-order valence-corrected chi connectivity index (χ4v) is 6.94. The van der Waals surface area contributed by atoms with Crippen LogP contribution >= 0.6 is 0 Å². The van der Waals surface area contributed by atoms with E-state index in [4.69, 9.17) is 23.7 Å². The van der Waals surface area contributed by atoms with E-state index >= 15 is 0 Å². The Morgan fingerprint density at radius 3 is 1.41 bits per heavy atom. The van der Waals surface area contributed by atoms with Crippen LogP contribution in [0.3, 0.4) is 0 Å². The van der Waals surface area contributed by atoms with E-state index in [1.54, 1.807) is 0 Å². The third-order valence-electron chi connectivity index (χ3n) is 9.61. The average molecular weight is 791 g/mol. The smallest absolute Gasteiger partial charge is 0.346 e. The number of esters is 4. The Bertz CT molecular complexity index is 2680. The molecule has 1 aliphatic heterocycles. The van der Waals surface area contributed by atoms with Crippen LogP contribution in [0.1, 0.15) is 64.0 Å². The van der Waals surface area contributed by atoms with Gasteiger partial charge in [-0.3, -0.25) is 0 Å². The van der Waals surface area contributed by atoms with Crippen LogP contribution in [-0.4, -0.2) is 41.2 Å². The minimum Gasteiger partial charge on any atom is -0.486 e. The number of fused-ring (bicyclic) bond motifs is 5. The zero-order valence-electron chi connectivity index (χ0n) is 29.7. The maximum absolute atomic E-state index is 14.7. The number of halogens is 4. The largest absolute Gasteiger partial charge is 0.486 e. The highest BCUT2D eigenvalue weighted by atomic mass is 19.1. The van der Waals surface area contributed by atoms with E-state index in [-0.39, 0.29) is 29.0 Å². The second kappa shape index (κ2) is 15.0. The maximum atomic E-state index is 14.7. The van der Waals surface area contributed by atoms with Crippen molar-refractivity contribution in [2.24, 2.45) is 0 Å². The summed E-state index contributed by atoms with van der Waals surface area (Å²) >= 11 is 0. The zero-order chi connectivity index (χ0) is 40.7. The first-order valence-electron chi connectivity index (χ1n) is 17.5. The van der Waals surface area contributed by atoms with E-state index < -0.39 is 105 Å². The Morgan fingerprint density at radius 2 is 0.948 bits per heavy atom. The number of hydrogen-bond acceptors (Lipinski definition) is 10. The first kappa shape index (κ1) is 37.6. The molecule has 0 amide bonds. The number of benzene rings is 6. The summed E-state index contributed by atoms with van der Waals surface area (Å²) < 4.78 is 86.9. The number of aliphatic hydroxyl groups is 1. The lowest BCUT2D eigenvalue weighted by atomic mass is 9.80. The van der Waals surface area contributed by atoms with Crippen LogP contribution < -0.4 is 23.7 Å². The third-order valence-corrected chi connectivity index (χ3v) is 9.61. The van der Waals surface area contributed by atoms with E-state index in [2.05, 4.69) is 0 Å². The van der Waals surface area contributed by atoms with E-state index in [0.717, 1.165) is 30.3 Å². The van der Waals surface area contributed by atoms with Crippen molar-refractivity contribution in [2.45, 2.75) is 17.9 Å².